The second kappa shape index (κ2) is 4.94. The maximum absolute atomic E-state index is 11.9. The maximum atomic E-state index is 11.9. The number of rotatable bonds is 4. The third-order valence-electron chi connectivity index (χ3n) is 2.94. The molecule has 0 saturated carbocycles. The van der Waals surface area contributed by atoms with Gasteiger partial charge in [0.2, 0.25) is 5.91 Å². The van der Waals surface area contributed by atoms with E-state index in [9.17, 15) is 4.79 Å². The second-order valence-corrected chi connectivity index (χ2v) is 4.88. The smallest absolute Gasteiger partial charge is 0.226 e. The van der Waals surface area contributed by atoms with E-state index in [-0.39, 0.29) is 23.5 Å². The van der Waals surface area contributed by atoms with Crippen molar-refractivity contribution in [2.45, 2.75) is 45.3 Å². The van der Waals surface area contributed by atoms with Gasteiger partial charge in [-0.1, -0.05) is 0 Å². The molecule has 1 amide bonds. The number of ether oxygens (including phenoxy) is 1. The quantitative estimate of drug-likeness (QED) is 0.722. The highest BCUT2D eigenvalue weighted by molar-refractivity contribution is 5.80. The summed E-state index contributed by atoms with van der Waals surface area (Å²) in [5.74, 6) is 0.0977. The van der Waals surface area contributed by atoms with E-state index in [2.05, 4.69) is 5.32 Å². The molecule has 0 spiro atoms. The molecule has 15 heavy (non-hydrogen) atoms. The highest BCUT2D eigenvalue weighted by atomic mass is 16.5. The lowest BCUT2D eigenvalue weighted by Crippen LogP contribution is -2.48. The number of hydrogen-bond acceptors (Lipinski definition) is 3. The fourth-order valence-corrected chi connectivity index (χ4v) is 1.93. The number of hydrogen-bond donors (Lipinski definition) is 2. The van der Waals surface area contributed by atoms with Crippen LogP contribution in [0.2, 0.25) is 0 Å². The maximum Gasteiger partial charge on any atom is 0.226 e. The van der Waals surface area contributed by atoms with Crippen molar-refractivity contribution in [3.8, 4) is 0 Å². The summed E-state index contributed by atoms with van der Waals surface area (Å²) in [6.45, 7) is 7.23. The van der Waals surface area contributed by atoms with Gasteiger partial charge in [0.1, 0.15) is 0 Å². The van der Waals surface area contributed by atoms with Crippen LogP contribution in [-0.4, -0.2) is 30.7 Å². The number of amides is 1. The van der Waals surface area contributed by atoms with Crippen LogP contribution >= 0.6 is 0 Å². The second-order valence-electron chi connectivity index (χ2n) is 4.88. The molecule has 4 heteroatoms. The minimum Gasteiger partial charge on any atom is -0.378 e. The van der Waals surface area contributed by atoms with Gasteiger partial charge in [-0.15, -0.1) is 0 Å². The van der Waals surface area contributed by atoms with Crippen molar-refractivity contribution in [1.82, 2.24) is 5.32 Å². The summed E-state index contributed by atoms with van der Waals surface area (Å²) in [6, 6.07) is 0. The Morgan fingerprint density at radius 3 is 2.73 bits per heavy atom. The Morgan fingerprint density at radius 2 is 2.27 bits per heavy atom. The summed E-state index contributed by atoms with van der Waals surface area (Å²) in [5.41, 5.74) is 5.28. The predicted octanol–water partition coefficient (Wildman–Crippen LogP) is 0.655. The monoisotopic (exact) mass is 214 g/mol. The third-order valence-corrected chi connectivity index (χ3v) is 2.94. The van der Waals surface area contributed by atoms with Gasteiger partial charge in [0, 0.05) is 12.1 Å². The van der Waals surface area contributed by atoms with E-state index < -0.39 is 0 Å². The molecule has 0 aromatic rings. The molecule has 3 N–H and O–H groups in total. The van der Waals surface area contributed by atoms with E-state index in [1.165, 1.54) is 0 Å². The Morgan fingerprint density at radius 1 is 1.60 bits per heavy atom. The van der Waals surface area contributed by atoms with E-state index in [1.807, 2.05) is 20.8 Å². The lowest BCUT2D eigenvalue weighted by molar-refractivity contribution is -0.128. The number of nitrogens with two attached hydrogens (primary N) is 1. The summed E-state index contributed by atoms with van der Waals surface area (Å²) in [6.07, 6.45) is 1.66. The van der Waals surface area contributed by atoms with Crippen molar-refractivity contribution < 1.29 is 9.53 Å². The fourth-order valence-electron chi connectivity index (χ4n) is 1.93. The van der Waals surface area contributed by atoms with Crippen LogP contribution in [0, 0.1) is 5.92 Å². The number of carbonyl (C=O) groups is 1. The molecule has 0 bridgehead atoms. The van der Waals surface area contributed by atoms with E-state index in [4.69, 9.17) is 10.5 Å². The van der Waals surface area contributed by atoms with Crippen LogP contribution in [0.1, 0.15) is 33.6 Å². The van der Waals surface area contributed by atoms with Crippen molar-refractivity contribution in [2.24, 2.45) is 11.7 Å². The summed E-state index contributed by atoms with van der Waals surface area (Å²) < 4.78 is 5.38. The molecule has 2 unspecified atom stereocenters. The molecule has 0 radical (unpaired) electrons. The molecule has 2 atom stereocenters. The van der Waals surface area contributed by atoms with Crippen LogP contribution in [0.5, 0.6) is 0 Å². The van der Waals surface area contributed by atoms with Gasteiger partial charge in [-0.2, -0.15) is 0 Å². The first-order valence-electron chi connectivity index (χ1n) is 5.60. The molecular formula is C11H22N2O2. The number of nitrogens with one attached hydrogen (secondary N) is 1. The fraction of sp³-hybridized carbons (Fsp3) is 0.909. The Hall–Kier alpha value is -0.610. The Bertz CT molecular complexity index is 229. The van der Waals surface area contributed by atoms with Gasteiger partial charge in [-0.25, -0.2) is 0 Å². The topological polar surface area (TPSA) is 64.3 Å². The van der Waals surface area contributed by atoms with Crippen molar-refractivity contribution in [2.75, 3.05) is 13.2 Å². The molecule has 0 aromatic carbocycles. The average molecular weight is 214 g/mol. The normalized spacial score (nSPS) is 26.7. The molecule has 1 fully saturated rings. The van der Waals surface area contributed by atoms with Gasteiger partial charge in [-0.3, -0.25) is 4.79 Å². The van der Waals surface area contributed by atoms with E-state index in [0.717, 1.165) is 12.8 Å². The summed E-state index contributed by atoms with van der Waals surface area (Å²) >= 11 is 0. The largest absolute Gasteiger partial charge is 0.378 e. The van der Waals surface area contributed by atoms with Crippen molar-refractivity contribution in [3.63, 3.8) is 0 Å². The molecule has 4 nitrogen and oxygen atoms in total. The standard InChI is InChI=1S/C11H22N2O2/c1-8-9(4-7-15-8)10(14)13-11(2,3)5-6-12/h8-9H,4-7,12H2,1-3H3,(H,13,14). The zero-order valence-corrected chi connectivity index (χ0v) is 9.88. The van der Waals surface area contributed by atoms with Crippen molar-refractivity contribution in [1.29, 1.82) is 0 Å². The highest BCUT2D eigenvalue weighted by Gasteiger charge is 2.33. The predicted molar refractivity (Wildman–Crippen MR) is 59.4 cm³/mol. The van der Waals surface area contributed by atoms with Crippen molar-refractivity contribution in [3.05, 3.63) is 0 Å². The summed E-state index contributed by atoms with van der Waals surface area (Å²) in [5, 5.41) is 3.03. The molecule has 1 aliphatic heterocycles. The van der Waals surface area contributed by atoms with Crippen molar-refractivity contribution >= 4 is 5.91 Å². The molecule has 1 aliphatic rings. The molecule has 1 saturated heterocycles. The van der Waals surface area contributed by atoms with Gasteiger partial charge in [0.25, 0.3) is 0 Å². The highest BCUT2D eigenvalue weighted by Crippen LogP contribution is 2.21. The van der Waals surface area contributed by atoms with E-state index in [1.54, 1.807) is 0 Å². The Labute approximate surface area is 91.5 Å². The minimum absolute atomic E-state index is 0.00190. The van der Waals surface area contributed by atoms with Crippen LogP contribution in [-0.2, 0) is 9.53 Å². The summed E-state index contributed by atoms with van der Waals surface area (Å²) in [4.78, 5) is 11.9. The lowest BCUT2D eigenvalue weighted by Gasteiger charge is -2.28. The zero-order chi connectivity index (χ0) is 11.5. The van der Waals surface area contributed by atoms with Crippen LogP contribution in [0.25, 0.3) is 0 Å². The van der Waals surface area contributed by atoms with Gasteiger partial charge in [-0.05, 0) is 40.2 Å². The van der Waals surface area contributed by atoms with Gasteiger partial charge in [0.05, 0.1) is 12.0 Å². The molecule has 88 valence electrons. The summed E-state index contributed by atoms with van der Waals surface area (Å²) in [7, 11) is 0. The molecule has 0 aliphatic carbocycles. The molecule has 1 rings (SSSR count). The van der Waals surface area contributed by atoms with Gasteiger partial charge < -0.3 is 15.8 Å². The minimum atomic E-state index is -0.214. The SMILES string of the molecule is CC1OCCC1C(=O)NC(C)(C)CCN. The molecule has 0 aromatic heterocycles. The average Bonchev–Trinajstić information content (AvgIpc) is 2.50. The zero-order valence-electron chi connectivity index (χ0n) is 9.88. The molecule has 1 heterocycles. The first-order chi connectivity index (χ1) is 6.96. The van der Waals surface area contributed by atoms with Crippen LogP contribution < -0.4 is 11.1 Å². The third kappa shape index (κ3) is 3.47. The van der Waals surface area contributed by atoms with Crippen LogP contribution in [0.3, 0.4) is 0 Å². The lowest BCUT2D eigenvalue weighted by atomic mass is 9.96. The van der Waals surface area contributed by atoms with E-state index >= 15 is 0 Å². The van der Waals surface area contributed by atoms with Gasteiger partial charge in [0.15, 0.2) is 0 Å². The first kappa shape index (κ1) is 12.5. The van der Waals surface area contributed by atoms with Gasteiger partial charge >= 0.3 is 0 Å². The Balaban J connectivity index is 2.47. The van der Waals surface area contributed by atoms with Crippen LogP contribution in [0.15, 0.2) is 0 Å². The molecular weight excluding hydrogens is 192 g/mol. The Kier molecular flexibility index (Phi) is 4.11. The van der Waals surface area contributed by atoms with Crippen LogP contribution in [0.4, 0.5) is 0 Å². The number of carbonyl (C=O) groups excluding carboxylic acids is 1. The van der Waals surface area contributed by atoms with E-state index in [0.29, 0.717) is 13.2 Å². The first-order valence-corrected chi connectivity index (χ1v) is 5.60.